The van der Waals surface area contributed by atoms with Crippen molar-refractivity contribution in [2.45, 2.75) is 13.1 Å². The van der Waals surface area contributed by atoms with Crippen LogP contribution in [0.25, 0.3) is 10.9 Å². The zero-order valence-electron chi connectivity index (χ0n) is 14.5. The Morgan fingerprint density at radius 1 is 1.36 bits per heavy atom. The molecule has 2 aromatic rings. The van der Waals surface area contributed by atoms with Crippen molar-refractivity contribution in [3.8, 4) is 0 Å². The number of nitrogens with two attached hydrogens (primary N) is 1. The largest absolute Gasteiger partial charge is 0.398 e. The molecule has 2 N–H and O–H groups in total. The maximum absolute atomic E-state index is 11.9. The maximum Gasteiger partial charge on any atom is 0.248 e. The van der Waals surface area contributed by atoms with Crippen LogP contribution in [0.3, 0.4) is 0 Å². The Labute approximate surface area is 146 Å². The number of piperazine rings is 1. The van der Waals surface area contributed by atoms with Crippen molar-refractivity contribution in [3.63, 3.8) is 0 Å². The number of aryl methyl sites for hydroxylation is 1. The van der Waals surface area contributed by atoms with Gasteiger partial charge in [-0.1, -0.05) is 0 Å². The van der Waals surface area contributed by atoms with E-state index in [1.165, 1.54) is 7.11 Å². The minimum atomic E-state index is -0.492. The molecule has 1 aromatic heterocycles. The van der Waals surface area contributed by atoms with E-state index in [1.807, 2.05) is 30.2 Å². The van der Waals surface area contributed by atoms with Crippen LogP contribution in [0.1, 0.15) is 11.7 Å². The average molecular weight is 345 g/mol. The fourth-order valence-electron chi connectivity index (χ4n) is 3.11. The van der Waals surface area contributed by atoms with Gasteiger partial charge in [-0.2, -0.15) is 5.10 Å². The molecule has 0 saturated carbocycles. The summed E-state index contributed by atoms with van der Waals surface area (Å²) in [5, 5.41) is 5.44. The number of carbonyl (C=O) groups is 2. The number of nitrogens with zero attached hydrogens (tertiary/aromatic N) is 4. The molecule has 1 amide bonds. The van der Waals surface area contributed by atoms with Crippen molar-refractivity contribution in [3.05, 3.63) is 23.9 Å². The lowest BCUT2D eigenvalue weighted by atomic mass is 10.1. The van der Waals surface area contributed by atoms with Gasteiger partial charge in [0.05, 0.1) is 5.52 Å². The second kappa shape index (κ2) is 7.20. The van der Waals surface area contributed by atoms with Gasteiger partial charge in [0.1, 0.15) is 6.61 Å². The van der Waals surface area contributed by atoms with Gasteiger partial charge in [0, 0.05) is 50.6 Å². The van der Waals surface area contributed by atoms with E-state index >= 15 is 0 Å². The molecule has 0 aliphatic carbocycles. The summed E-state index contributed by atoms with van der Waals surface area (Å²) in [7, 11) is 1.51. The number of hydrogen-bond acceptors (Lipinski definition) is 6. The van der Waals surface area contributed by atoms with E-state index in [-0.39, 0.29) is 12.5 Å². The molecule has 0 spiro atoms. The summed E-state index contributed by atoms with van der Waals surface area (Å²) in [4.78, 5) is 27.4. The highest BCUT2D eigenvalue weighted by Gasteiger charge is 2.27. The number of aldehydes is 1. The van der Waals surface area contributed by atoms with Crippen molar-refractivity contribution >= 4 is 28.8 Å². The molecule has 2 heterocycles. The molecule has 134 valence electrons. The lowest BCUT2D eigenvalue weighted by Gasteiger charge is -2.37. The predicted octanol–water partition coefficient (Wildman–Crippen LogP) is 0.415. The Bertz CT molecular complexity index is 741. The summed E-state index contributed by atoms with van der Waals surface area (Å²) in [6.45, 7) is 4.37. The number of benzene rings is 1. The number of methoxy groups -OCH3 is 1. The second-order valence-corrected chi connectivity index (χ2v) is 6.28. The molecule has 1 atom stereocenters. The van der Waals surface area contributed by atoms with Gasteiger partial charge in [0.2, 0.25) is 5.91 Å². The van der Waals surface area contributed by atoms with Gasteiger partial charge in [-0.15, -0.1) is 0 Å². The van der Waals surface area contributed by atoms with E-state index in [1.54, 1.807) is 9.58 Å². The van der Waals surface area contributed by atoms with Crippen LogP contribution in [0.5, 0.6) is 0 Å². The van der Waals surface area contributed by atoms with Crippen LogP contribution in [0.15, 0.2) is 18.3 Å². The van der Waals surface area contributed by atoms with E-state index in [0.29, 0.717) is 31.9 Å². The van der Waals surface area contributed by atoms with E-state index in [2.05, 4.69) is 5.10 Å². The minimum Gasteiger partial charge on any atom is -0.398 e. The minimum absolute atomic E-state index is 0.0272. The molecule has 25 heavy (non-hydrogen) atoms. The Morgan fingerprint density at radius 3 is 2.72 bits per heavy atom. The first-order valence-corrected chi connectivity index (χ1v) is 8.24. The zero-order valence-corrected chi connectivity index (χ0v) is 14.5. The first kappa shape index (κ1) is 17.4. The summed E-state index contributed by atoms with van der Waals surface area (Å²) < 4.78 is 6.56. The van der Waals surface area contributed by atoms with Gasteiger partial charge in [-0.05, 0) is 24.6 Å². The van der Waals surface area contributed by atoms with E-state index in [9.17, 15) is 9.59 Å². The third kappa shape index (κ3) is 3.49. The number of anilines is 1. The molecule has 1 saturated heterocycles. The first-order valence-electron chi connectivity index (χ1n) is 8.24. The van der Waals surface area contributed by atoms with Crippen molar-refractivity contribution < 1.29 is 14.3 Å². The normalized spacial score (nSPS) is 17.0. The molecule has 8 nitrogen and oxygen atoms in total. The molecule has 1 unspecified atom stereocenters. The molecule has 0 bridgehead atoms. The third-order valence-corrected chi connectivity index (χ3v) is 4.61. The average Bonchev–Trinajstić information content (AvgIpc) is 2.99. The topological polar surface area (TPSA) is 93.7 Å². The summed E-state index contributed by atoms with van der Waals surface area (Å²) in [6.07, 6.45) is 2.23. The first-order chi connectivity index (χ1) is 12.0. The number of fused-ring (bicyclic) bond motifs is 1. The molecule has 1 aromatic carbocycles. The van der Waals surface area contributed by atoms with Crippen LogP contribution in [0.4, 0.5) is 5.69 Å². The highest BCUT2D eigenvalue weighted by molar-refractivity contribution is 5.83. The molecule has 1 aliphatic rings. The Morgan fingerprint density at radius 2 is 2.08 bits per heavy atom. The Kier molecular flexibility index (Phi) is 5.00. The van der Waals surface area contributed by atoms with Crippen molar-refractivity contribution in [1.29, 1.82) is 0 Å². The lowest BCUT2D eigenvalue weighted by molar-refractivity contribution is -0.137. The van der Waals surface area contributed by atoms with Crippen LogP contribution < -0.4 is 5.73 Å². The standard InChI is InChI=1S/C17H23N5O3/c1-12-7-15-13(8-14(12)18)9-22(19-15)16(10-23)20-3-5-21(6-4-20)17(24)11-25-2/h7-10,16H,3-6,11,18H2,1-2H3. The van der Waals surface area contributed by atoms with Gasteiger partial charge < -0.3 is 15.4 Å². The summed E-state index contributed by atoms with van der Waals surface area (Å²) in [5.41, 5.74) is 8.43. The molecule has 8 heteroatoms. The number of ether oxygens (including phenoxy) is 1. The van der Waals surface area contributed by atoms with Crippen molar-refractivity contribution in [2.75, 3.05) is 45.6 Å². The SMILES string of the molecule is COCC(=O)N1CCN(C(C=O)n2cc3cc(N)c(C)cc3n2)CC1. The second-order valence-electron chi connectivity index (χ2n) is 6.28. The number of rotatable bonds is 5. The summed E-state index contributed by atoms with van der Waals surface area (Å²) >= 11 is 0. The molecule has 0 radical (unpaired) electrons. The van der Waals surface area contributed by atoms with Crippen molar-refractivity contribution in [1.82, 2.24) is 19.6 Å². The summed E-state index contributed by atoms with van der Waals surface area (Å²) in [6, 6.07) is 3.79. The smallest absolute Gasteiger partial charge is 0.248 e. The Hall–Kier alpha value is -2.45. The summed E-state index contributed by atoms with van der Waals surface area (Å²) in [5.74, 6) is -0.0272. The van der Waals surface area contributed by atoms with E-state index < -0.39 is 6.17 Å². The van der Waals surface area contributed by atoms with Gasteiger partial charge in [0.25, 0.3) is 0 Å². The maximum atomic E-state index is 11.9. The highest BCUT2D eigenvalue weighted by atomic mass is 16.5. The third-order valence-electron chi connectivity index (χ3n) is 4.61. The quantitative estimate of drug-likeness (QED) is 0.623. The lowest BCUT2D eigenvalue weighted by Crippen LogP contribution is -2.51. The molecular weight excluding hydrogens is 322 g/mol. The van der Waals surface area contributed by atoms with E-state index in [0.717, 1.165) is 22.8 Å². The number of carbonyl (C=O) groups excluding carboxylic acids is 2. The number of amides is 1. The molecule has 1 aliphatic heterocycles. The van der Waals surface area contributed by atoms with Gasteiger partial charge in [-0.25, -0.2) is 4.68 Å². The van der Waals surface area contributed by atoms with Gasteiger partial charge in [0.15, 0.2) is 12.5 Å². The molecular formula is C17H23N5O3. The van der Waals surface area contributed by atoms with Crippen LogP contribution in [-0.2, 0) is 14.3 Å². The van der Waals surface area contributed by atoms with Crippen LogP contribution in [0, 0.1) is 6.92 Å². The molecule has 3 rings (SSSR count). The van der Waals surface area contributed by atoms with Crippen LogP contribution in [0.2, 0.25) is 0 Å². The zero-order chi connectivity index (χ0) is 18.0. The fourth-order valence-corrected chi connectivity index (χ4v) is 3.11. The number of aromatic nitrogens is 2. The van der Waals surface area contributed by atoms with Crippen LogP contribution in [-0.4, -0.2) is 71.7 Å². The fraction of sp³-hybridized carbons (Fsp3) is 0.471. The van der Waals surface area contributed by atoms with Gasteiger partial charge >= 0.3 is 0 Å². The van der Waals surface area contributed by atoms with Crippen molar-refractivity contribution in [2.24, 2.45) is 0 Å². The van der Waals surface area contributed by atoms with E-state index in [4.69, 9.17) is 10.5 Å². The highest BCUT2D eigenvalue weighted by Crippen LogP contribution is 2.23. The van der Waals surface area contributed by atoms with Gasteiger partial charge in [-0.3, -0.25) is 14.5 Å². The molecule has 1 fully saturated rings. The predicted molar refractivity (Wildman–Crippen MR) is 94.0 cm³/mol. The number of nitrogen functional groups attached to an aromatic ring is 1. The van der Waals surface area contributed by atoms with Crippen LogP contribution >= 0.6 is 0 Å². The monoisotopic (exact) mass is 345 g/mol. The number of hydrogen-bond donors (Lipinski definition) is 1. The Balaban J connectivity index is 1.75.